The normalized spacial score (nSPS) is 9.44. The van der Waals surface area contributed by atoms with Gasteiger partial charge in [-0.15, -0.1) is 0 Å². The van der Waals surface area contributed by atoms with E-state index in [2.05, 4.69) is 6.92 Å². The van der Waals surface area contributed by atoms with Crippen molar-refractivity contribution in [2.24, 2.45) is 0 Å². The van der Waals surface area contributed by atoms with Gasteiger partial charge in [-0.05, 0) is 30.8 Å². The molecule has 0 aliphatic rings. The number of hydrogen-bond acceptors (Lipinski definition) is 1. The summed E-state index contributed by atoms with van der Waals surface area (Å²) in [7, 11) is 0. The molecule has 0 aliphatic carbocycles. The molecular weight excluding hydrogens is 128 g/mol. The lowest BCUT2D eigenvalue weighted by Crippen LogP contribution is -1.79. The molecule has 0 bridgehead atoms. The highest BCUT2D eigenvalue weighted by atomic mass is 32.2. The van der Waals surface area contributed by atoms with E-state index in [4.69, 9.17) is 6.58 Å². The van der Waals surface area contributed by atoms with Gasteiger partial charge < -0.3 is 0 Å². The van der Waals surface area contributed by atoms with Gasteiger partial charge >= 0.3 is 0 Å². The van der Waals surface area contributed by atoms with Crippen molar-refractivity contribution < 1.29 is 0 Å². The zero-order chi connectivity index (χ0) is 6.95. The highest BCUT2D eigenvalue weighted by Crippen LogP contribution is 2.05. The van der Waals surface area contributed by atoms with E-state index in [1.54, 1.807) is 6.08 Å². The van der Waals surface area contributed by atoms with Crippen molar-refractivity contribution in [3.05, 3.63) is 12.7 Å². The number of unbranched alkanes of at least 4 members (excludes halogenated alkanes) is 1. The molecule has 0 aromatic rings. The molecule has 9 heavy (non-hydrogen) atoms. The fraction of sp³-hybridized carbons (Fsp3) is 0.750. The first kappa shape index (κ1) is 9.09. The molecule has 53 valence electrons. The molecule has 0 unspecified atom stereocenters. The molecule has 0 fully saturated rings. The Hall–Kier alpha value is 0.0900. The van der Waals surface area contributed by atoms with Crippen LogP contribution in [0.3, 0.4) is 0 Å². The molecule has 0 N–H and O–H groups in total. The molecule has 1 radical (unpaired) electrons. The SMILES string of the molecule is [CH]=CCCCSCCC. The van der Waals surface area contributed by atoms with E-state index >= 15 is 0 Å². The number of rotatable bonds is 6. The second-order valence-corrected chi connectivity index (χ2v) is 3.22. The third-order valence-corrected chi connectivity index (χ3v) is 2.28. The molecule has 0 spiro atoms. The van der Waals surface area contributed by atoms with Crippen molar-refractivity contribution in [3.63, 3.8) is 0 Å². The first-order chi connectivity index (χ1) is 4.41. The molecule has 0 atom stereocenters. The molecule has 0 heterocycles. The average molecular weight is 143 g/mol. The average Bonchev–Trinajstić information content (AvgIpc) is 1.89. The minimum Gasteiger partial charge on any atom is -0.162 e. The van der Waals surface area contributed by atoms with Crippen LogP contribution in [0.1, 0.15) is 26.2 Å². The largest absolute Gasteiger partial charge is 0.162 e. The zero-order valence-corrected chi connectivity index (χ0v) is 6.91. The summed E-state index contributed by atoms with van der Waals surface area (Å²) in [6.07, 6.45) is 5.33. The zero-order valence-electron chi connectivity index (χ0n) is 6.10. The van der Waals surface area contributed by atoms with Crippen molar-refractivity contribution in [2.45, 2.75) is 26.2 Å². The van der Waals surface area contributed by atoms with E-state index in [1.807, 2.05) is 11.8 Å². The smallest absolute Gasteiger partial charge is 0.00646 e. The van der Waals surface area contributed by atoms with E-state index < -0.39 is 0 Å². The topological polar surface area (TPSA) is 0 Å². The first-order valence-corrected chi connectivity index (χ1v) is 4.68. The standard InChI is InChI=1S/C8H15S/c1-3-5-6-8-9-7-4-2/h1,3H,4-8H2,2H3. The lowest BCUT2D eigenvalue weighted by Gasteiger charge is -1.94. The Kier molecular flexibility index (Phi) is 8.17. The third kappa shape index (κ3) is 8.09. The Morgan fingerprint density at radius 3 is 2.78 bits per heavy atom. The molecule has 0 nitrogen and oxygen atoms in total. The predicted octanol–water partition coefficient (Wildman–Crippen LogP) is 2.90. The summed E-state index contributed by atoms with van der Waals surface area (Å²) in [5.74, 6) is 2.56. The van der Waals surface area contributed by atoms with Gasteiger partial charge in [0.1, 0.15) is 0 Å². The molecule has 0 saturated heterocycles. The fourth-order valence-corrected chi connectivity index (χ4v) is 1.41. The highest BCUT2D eigenvalue weighted by Gasteiger charge is 1.84. The summed E-state index contributed by atoms with van der Waals surface area (Å²) >= 11 is 2.02. The lowest BCUT2D eigenvalue weighted by atomic mass is 10.3. The fourth-order valence-electron chi connectivity index (χ4n) is 0.550. The van der Waals surface area contributed by atoms with Crippen LogP contribution in [0.2, 0.25) is 0 Å². The Labute approximate surface area is 62.7 Å². The van der Waals surface area contributed by atoms with Gasteiger partial charge in [-0.1, -0.05) is 19.6 Å². The second-order valence-electron chi connectivity index (χ2n) is 1.99. The van der Waals surface area contributed by atoms with Crippen LogP contribution < -0.4 is 0 Å². The van der Waals surface area contributed by atoms with Gasteiger partial charge in [0, 0.05) is 0 Å². The van der Waals surface area contributed by atoms with Crippen molar-refractivity contribution in [1.29, 1.82) is 0 Å². The van der Waals surface area contributed by atoms with Crippen LogP contribution >= 0.6 is 11.8 Å². The molecule has 0 rings (SSSR count). The second kappa shape index (κ2) is 8.09. The third-order valence-electron chi connectivity index (χ3n) is 1.01. The van der Waals surface area contributed by atoms with E-state index in [1.165, 1.54) is 24.3 Å². The van der Waals surface area contributed by atoms with Crippen LogP contribution in [0.4, 0.5) is 0 Å². The Balaban J connectivity index is 2.66. The van der Waals surface area contributed by atoms with Gasteiger partial charge in [0.15, 0.2) is 0 Å². The van der Waals surface area contributed by atoms with Gasteiger partial charge in [0.05, 0.1) is 0 Å². The van der Waals surface area contributed by atoms with Crippen LogP contribution in [0.25, 0.3) is 0 Å². The van der Waals surface area contributed by atoms with Crippen molar-refractivity contribution in [2.75, 3.05) is 11.5 Å². The van der Waals surface area contributed by atoms with Crippen LogP contribution in [-0.4, -0.2) is 11.5 Å². The maximum atomic E-state index is 5.21. The van der Waals surface area contributed by atoms with Crippen LogP contribution in [0, 0.1) is 6.58 Å². The van der Waals surface area contributed by atoms with E-state index in [0.29, 0.717) is 0 Å². The van der Waals surface area contributed by atoms with Gasteiger partial charge in [-0.25, -0.2) is 0 Å². The molecule has 0 aromatic carbocycles. The predicted molar refractivity (Wildman–Crippen MR) is 45.7 cm³/mol. The molecule has 0 aliphatic heterocycles. The number of allylic oxidation sites excluding steroid dienone is 1. The molecule has 0 saturated carbocycles. The first-order valence-electron chi connectivity index (χ1n) is 3.53. The summed E-state index contributed by atoms with van der Waals surface area (Å²) in [5, 5.41) is 0. The van der Waals surface area contributed by atoms with Crippen LogP contribution in [-0.2, 0) is 0 Å². The van der Waals surface area contributed by atoms with Crippen LogP contribution in [0.5, 0.6) is 0 Å². The number of thioether (sulfide) groups is 1. The van der Waals surface area contributed by atoms with E-state index in [9.17, 15) is 0 Å². The molecular formula is C8H15S. The summed E-state index contributed by atoms with van der Waals surface area (Å²) in [6, 6.07) is 0. The summed E-state index contributed by atoms with van der Waals surface area (Å²) in [5.41, 5.74) is 0. The summed E-state index contributed by atoms with van der Waals surface area (Å²) < 4.78 is 0. The number of hydrogen-bond donors (Lipinski definition) is 0. The van der Waals surface area contributed by atoms with Gasteiger partial charge in [-0.3, -0.25) is 0 Å². The minimum atomic E-state index is 1.07. The van der Waals surface area contributed by atoms with Crippen molar-refractivity contribution >= 4 is 11.8 Å². The Bertz CT molecular complexity index is 59.6. The Morgan fingerprint density at radius 2 is 2.22 bits per heavy atom. The van der Waals surface area contributed by atoms with Crippen LogP contribution in [0.15, 0.2) is 6.08 Å². The highest BCUT2D eigenvalue weighted by molar-refractivity contribution is 7.99. The summed E-state index contributed by atoms with van der Waals surface area (Å²) in [4.78, 5) is 0. The summed E-state index contributed by atoms with van der Waals surface area (Å²) in [6.45, 7) is 7.42. The monoisotopic (exact) mass is 143 g/mol. The maximum absolute atomic E-state index is 5.21. The minimum absolute atomic E-state index is 1.07. The van der Waals surface area contributed by atoms with E-state index in [-0.39, 0.29) is 0 Å². The molecule has 0 amide bonds. The molecule has 1 heteroatoms. The maximum Gasteiger partial charge on any atom is -0.00646 e. The van der Waals surface area contributed by atoms with Gasteiger partial charge in [-0.2, -0.15) is 11.8 Å². The Morgan fingerprint density at radius 1 is 1.44 bits per heavy atom. The van der Waals surface area contributed by atoms with E-state index in [0.717, 1.165) is 6.42 Å². The molecule has 0 aromatic heterocycles. The van der Waals surface area contributed by atoms with Gasteiger partial charge in [0.2, 0.25) is 0 Å². The quantitative estimate of drug-likeness (QED) is 0.515. The van der Waals surface area contributed by atoms with Gasteiger partial charge in [0.25, 0.3) is 0 Å². The lowest BCUT2D eigenvalue weighted by molar-refractivity contribution is 0.969. The van der Waals surface area contributed by atoms with Crippen molar-refractivity contribution in [3.8, 4) is 0 Å². The van der Waals surface area contributed by atoms with Crippen molar-refractivity contribution in [1.82, 2.24) is 0 Å².